The van der Waals surface area contributed by atoms with Crippen LogP contribution in [0.2, 0.25) is 0 Å². The number of aromatic nitrogens is 1. The number of amides is 3. The standard InChI is InChI=1S/C16H24N4O2/c1-12(2)10-18-15(21)13-4-3-9-20(11-13)16(22)19-14-5-7-17-8-6-14/h5-8,12-13H,3-4,9-11H2,1-2H3,(H,18,21)(H,17,19,22)/t13-/m1/s1. The van der Waals surface area contributed by atoms with Crippen molar-refractivity contribution in [3.05, 3.63) is 24.5 Å². The Morgan fingerprint density at radius 2 is 2.09 bits per heavy atom. The molecule has 0 bridgehead atoms. The molecule has 120 valence electrons. The van der Waals surface area contributed by atoms with Gasteiger partial charge in [-0.15, -0.1) is 0 Å². The molecule has 2 N–H and O–H groups in total. The number of hydrogen-bond acceptors (Lipinski definition) is 3. The maximum Gasteiger partial charge on any atom is 0.321 e. The predicted molar refractivity (Wildman–Crippen MR) is 85.4 cm³/mol. The highest BCUT2D eigenvalue weighted by Gasteiger charge is 2.28. The lowest BCUT2D eigenvalue weighted by Gasteiger charge is -2.32. The van der Waals surface area contributed by atoms with E-state index in [1.165, 1.54) is 0 Å². The molecule has 0 aromatic carbocycles. The summed E-state index contributed by atoms with van der Waals surface area (Å²) in [6.07, 6.45) is 4.95. The molecule has 1 saturated heterocycles. The molecule has 22 heavy (non-hydrogen) atoms. The fraction of sp³-hybridized carbons (Fsp3) is 0.562. The zero-order valence-electron chi connectivity index (χ0n) is 13.2. The summed E-state index contributed by atoms with van der Waals surface area (Å²) in [4.78, 5) is 30.0. The van der Waals surface area contributed by atoms with Crippen LogP contribution < -0.4 is 10.6 Å². The molecule has 1 aromatic rings. The summed E-state index contributed by atoms with van der Waals surface area (Å²) in [6, 6.07) is 3.33. The van der Waals surface area contributed by atoms with Gasteiger partial charge in [0.25, 0.3) is 0 Å². The molecule has 6 nitrogen and oxygen atoms in total. The lowest BCUT2D eigenvalue weighted by molar-refractivity contribution is -0.126. The summed E-state index contributed by atoms with van der Waals surface area (Å²) in [6.45, 7) is 5.97. The highest BCUT2D eigenvalue weighted by atomic mass is 16.2. The Labute approximate surface area is 131 Å². The molecular weight excluding hydrogens is 280 g/mol. The van der Waals surface area contributed by atoms with E-state index in [1.54, 1.807) is 29.4 Å². The maximum atomic E-state index is 12.3. The van der Waals surface area contributed by atoms with Crippen molar-refractivity contribution in [3.63, 3.8) is 0 Å². The highest BCUT2D eigenvalue weighted by molar-refractivity contribution is 5.90. The van der Waals surface area contributed by atoms with Crippen molar-refractivity contribution in [2.75, 3.05) is 25.0 Å². The average molecular weight is 304 g/mol. The Hall–Kier alpha value is -2.11. The van der Waals surface area contributed by atoms with E-state index < -0.39 is 0 Å². The van der Waals surface area contributed by atoms with Gasteiger partial charge in [0.1, 0.15) is 0 Å². The van der Waals surface area contributed by atoms with Crippen molar-refractivity contribution in [3.8, 4) is 0 Å². The number of likely N-dealkylation sites (tertiary alicyclic amines) is 1. The average Bonchev–Trinajstić information content (AvgIpc) is 2.53. The molecule has 0 aliphatic carbocycles. The van der Waals surface area contributed by atoms with Gasteiger partial charge in [-0.25, -0.2) is 4.79 Å². The van der Waals surface area contributed by atoms with Crippen molar-refractivity contribution >= 4 is 17.6 Å². The van der Waals surface area contributed by atoms with Gasteiger partial charge in [-0.05, 0) is 30.9 Å². The maximum absolute atomic E-state index is 12.3. The van der Waals surface area contributed by atoms with Gasteiger partial charge >= 0.3 is 6.03 Å². The molecule has 0 radical (unpaired) electrons. The van der Waals surface area contributed by atoms with E-state index in [4.69, 9.17) is 0 Å². The number of urea groups is 1. The van der Waals surface area contributed by atoms with Gasteiger partial charge in [-0.1, -0.05) is 13.8 Å². The van der Waals surface area contributed by atoms with E-state index in [0.717, 1.165) is 12.8 Å². The van der Waals surface area contributed by atoms with Crippen LogP contribution in [0.25, 0.3) is 0 Å². The normalized spacial score (nSPS) is 18.1. The van der Waals surface area contributed by atoms with Crippen LogP contribution in [0, 0.1) is 11.8 Å². The van der Waals surface area contributed by atoms with Crippen LogP contribution in [0.5, 0.6) is 0 Å². The van der Waals surface area contributed by atoms with Gasteiger partial charge in [0, 0.05) is 37.7 Å². The number of pyridine rings is 1. The molecule has 3 amide bonds. The van der Waals surface area contributed by atoms with Crippen molar-refractivity contribution < 1.29 is 9.59 Å². The Kier molecular flexibility index (Phi) is 5.75. The van der Waals surface area contributed by atoms with Crippen LogP contribution in [0.4, 0.5) is 10.5 Å². The summed E-state index contributed by atoms with van der Waals surface area (Å²) >= 11 is 0. The van der Waals surface area contributed by atoms with E-state index in [-0.39, 0.29) is 17.9 Å². The van der Waals surface area contributed by atoms with E-state index in [0.29, 0.717) is 31.2 Å². The minimum atomic E-state index is -0.160. The van der Waals surface area contributed by atoms with Gasteiger partial charge in [-0.2, -0.15) is 0 Å². The number of hydrogen-bond donors (Lipinski definition) is 2. The summed E-state index contributed by atoms with van der Waals surface area (Å²) in [5.74, 6) is 0.365. The molecule has 0 unspecified atom stereocenters. The van der Waals surface area contributed by atoms with Gasteiger partial charge < -0.3 is 15.5 Å². The first-order valence-electron chi connectivity index (χ1n) is 7.80. The third-order valence-corrected chi connectivity index (χ3v) is 3.70. The number of nitrogens with one attached hydrogen (secondary N) is 2. The molecule has 6 heteroatoms. The zero-order chi connectivity index (χ0) is 15.9. The van der Waals surface area contributed by atoms with E-state index in [1.807, 2.05) is 0 Å². The second kappa shape index (κ2) is 7.77. The SMILES string of the molecule is CC(C)CNC(=O)[C@@H]1CCCN(C(=O)Nc2ccncc2)C1. The van der Waals surface area contributed by atoms with Crippen molar-refractivity contribution in [1.29, 1.82) is 0 Å². The molecule has 2 rings (SSSR count). The fourth-order valence-electron chi connectivity index (χ4n) is 2.46. The van der Waals surface area contributed by atoms with Gasteiger partial charge in [0.2, 0.25) is 5.91 Å². The first-order valence-corrected chi connectivity index (χ1v) is 7.80. The highest BCUT2D eigenvalue weighted by Crippen LogP contribution is 2.18. The summed E-state index contributed by atoms with van der Waals surface area (Å²) in [7, 11) is 0. The molecule has 2 heterocycles. The summed E-state index contributed by atoms with van der Waals surface area (Å²) < 4.78 is 0. The van der Waals surface area contributed by atoms with Crippen molar-refractivity contribution in [2.45, 2.75) is 26.7 Å². The Morgan fingerprint density at radius 3 is 2.77 bits per heavy atom. The lowest BCUT2D eigenvalue weighted by atomic mass is 9.97. The summed E-state index contributed by atoms with van der Waals surface area (Å²) in [5, 5.41) is 5.79. The van der Waals surface area contributed by atoms with E-state index in [2.05, 4.69) is 29.5 Å². The number of piperidine rings is 1. The van der Waals surface area contributed by atoms with Crippen molar-refractivity contribution in [2.24, 2.45) is 11.8 Å². The Bertz CT molecular complexity index is 504. The van der Waals surface area contributed by atoms with Crippen LogP contribution in [0.15, 0.2) is 24.5 Å². The van der Waals surface area contributed by atoms with Crippen molar-refractivity contribution in [1.82, 2.24) is 15.2 Å². The number of anilines is 1. The van der Waals surface area contributed by atoms with E-state index >= 15 is 0 Å². The topological polar surface area (TPSA) is 74.3 Å². The molecule has 1 aliphatic rings. The number of rotatable bonds is 4. The third kappa shape index (κ3) is 4.72. The van der Waals surface area contributed by atoms with Crippen LogP contribution >= 0.6 is 0 Å². The fourth-order valence-corrected chi connectivity index (χ4v) is 2.46. The smallest absolute Gasteiger partial charge is 0.321 e. The van der Waals surface area contributed by atoms with Gasteiger partial charge in [0.15, 0.2) is 0 Å². The monoisotopic (exact) mass is 304 g/mol. The zero-order valence-corrected chi connectivity index (χ0v) is 13.2. The molecule has 0 spiro atoms. The van der Waals surface area contributed by atoms with Crippen LogP contribution in [-0.2, 0) is 4.79 Å². The number of carbonyl (C=O) groups excluding carboxylic acids is 2. The van der Waals surface area contributed by atoms with E-state index in [9.17, 15) is 9.59 Å². The second-order valence-corrected chi connectivity index (χ2v) is 6.09. The minimum Gasteiger partial charge on any atom is -0.356 e. The number of carbonyl (C=O) groups is 2. The molecule has 1 aromatic heterocycles. The first kappa shape index (κ1) is 16.3. The first-order chi connectivity index (χ1) is 10.6. The van der Waals surface area contributed by atoms with Crippen LogP contribution in [0.3, 0.4) is 0 Å². The molecule has 1 aliphatic heterocycles. The lowest BCUT2D eigenvalue weighted by Crippen LogP contribution is -2.47. The Morgan fingerprint density at radius 1 is 1.36 bits per heavy atom. The minimum absolute atomic E-state index is 0.0510. The predicted octanol–water partition coefficient (Wildman–Crippen LogP) is 2.10. The van der Waals surface area contributed by atoms with Gasteiger partial charge in [0.05, 0.1) is 5.92 Å². The molecule has 1 fully saturated rings. The van der Waals surface area contributed by atoms with Gasteiger partial charge in [-0.3, -0.25) is 9.78 Å². The molecular formula is C16H24N4O2. The molecule has 0 saturated carbocycles. The summed E-state index contributed by atoms with van der Waals surface area (Å²) in [5.41, 5.74) is 0.714. The Balaban J connectivity index is 1.87. The molecule has 1 atom stereocenters. The second-order valence-electron chi connectivity index (χ2n) is 6.09. The van der Waals surface area contributed by atoms with Crippen LogP contribution in [0.1, 0.15) is 26.7 Å². The number of nitrogens with zero attached hydrogens (tertiary/aromatic N) is 2. The quantitative estimate of drug-likeness (QED) is 0.894. The third-order valence-electron chi connectivity index (χ3n) is 3.70. The largest absolute Gasteiger partial charge is 0.356 e. The van der Waals surface area contributed by atoms with Crippen LogP contribution in [-0.4, -0.2) is 41.5 Å².